The Morgan fingerprint density at radius 1 is 1.56 bits per heavy atom. The Labute approximate surface area is 94.9 Å². The predicted octanol–water partition coefficient (Wildman–Crippen LogP) is 0.640. The monoisotopic (exact) mass is 226 g/mol. The number of aliphatic hydroxyl groups excluding tert-OH is 1. The van der Waals surface area contributed by atoms with Crippen molar-refractivity contribution < 1.29 is 9.84 Å². The molecule has 16 heavy (non-hydrogen) atoms. The van der Waals surface area contributed by atoms with E-state index in [1.165, 1.54) is 13.4 Å². The SMILES string of the molecule is COc1c(N)ncnc1NC(C)CCCO. The molecule has 1 aromatic rings. The maximum atomic E-state index is 8.73. The average Bonchev–Trinajstić information content (AvgIpc) is 2.27. The second-order valence-corrected chi connectivity index (χ2v) is 3.55. The molecule has 0 bridgehead atoms. The first kappa shape index (κ1) is 12.5. The van der Waals surface area contributed by atoms with Crippen LogP contribution in [-0.4, -0.2) is 34.8 Å². The van der Waals surface area contributed by atoms with E-state index in [0.29, 0.717) is 17.4 Å². The van der Waals surface area contributed by atoms with E-state index >= 15 is 0 Å². The van der Waals surface area contributed by atoms with Crippen molar-refractivity contribution in [3.8, 4) is 5.75 Å². The Morgan fingerprint density at radius 2 is 2.31 bits per heavy atom. The van der Waals surface area contributed by atoms with Gasteiger partial charge in [0.25, 0.3) is 0 Å². The first-order valence-electron chi connectivity index (χ1n) is 5.21. The van der Waals surface area contributed by atoms with E-state index in [2.05, 4.69) is 15.3 Å². The second-order valence-electron chi connectivity index (χ2n) is 3.55. The summed E-state index contributed by atoms with van der Waals surface area (Å²) < 4.78 is 5.12. The van der Waals surface area contributed by atoms with Crippen molar-refractivity contribution in [2.24, 2.45) is 0 Å². The number of nitrogens with zero attached hydrogens (tertiary/aromatic N) is 2. The number of hydrogen-bond donors (Lipinski definition) is 3. The van der Waals surface area contributed by atoms with Crippen LogP contribution in [0.2, 0.25) is 0 Å². The third kappa shape index (κ3) is 3.23. The lowest BCUT2D eigenvalue weighted by atomic mass is 10.2. The number of aliphatic hydroxyl groups is 1. The highest BCUT2D eigenvalue weighted by molar-refractivity contribution is 5.61. The molecule has 0 saturated heterocycles. The summed E-state index contributed by atoms with van der Waals surface area (Å²) in [7, 11) is 1.53. The summed E-state index contributed by atoms with van der Waals surface area (Å²) in [5.41, 5.74) is 5.65. The molecular weight excluding hydrogens is 208 g/mol. The summed E-state index contributed by atoms with van der Waals surface area (Å²) in [6.07, 6.45) is 2.99. The Bertz CT molecular complexity index is 333. The van der Waals surface area contributed by atoms with Crippen LogP contribution in [-0.2, 0) is 0 Å². The topological polar surface area (TPSA) is 93.3 Å². The number of methoxy groups -OCH3 is 1. The third-order valence-corrected chi connectivity index (χ3v) is 2.21. The van der Waals surface area contributed by atoms with Crippen molar-refractivity contribution >= 4 is 11.6 Å². The average molecular weight is 226 g/mol. The minimum Gasteiger partial charge on any atom is -0.490 e. The molecule has 1 unspecified atom stereocenters. The van der Waals surface area contributed by atoms with E-state index in [1.807, 2.05) is 6.92 Å². The molecule has 4 N–H and O–H groups in total. The van der Waals surface area contributed by atoms with E-state index in [1.54, 1.807) is 0 Å². The first-order valence-corrected chi connectivity index (χ1v) is 5.21. The van der Waals surface area contributed by atoms with Crippen LogP contribution in [0.1, 0.15) is 19.8 Å². The standard InChI is InChI=1S/C10H18N4O2/c1-7(4-3-5-15)14-10-8(16-2)9(11)12-6-13-10/h6-7,15H,3-5H2,1-2H3,(H3,11,12,13,14). The quantitative estimate of drug-likeness (QED) is 0.659. The Morgan fingerprint density at radius 3 is 2.94 bits per heavy atom. The number of hydrogen-bond acceptors (Lipinski definition) is 6. The fraction of sp³-hybridized carbons (Fsp3) is 0.600. The van der Waals surface area contributed by atoms with Gasteiger partial charge in [-0.2, -0.15) is 0 Å². The Balaban J connectivity index is 2.69. The van der Waals surface area contributed by atoms with Crippen molar-refractivity contribution in [2.45, 2.75) is 25.8 Å². The van der Waals surface area contributed by atoms with Gasteiger partial charge in [0.05, 0.1) is 7.11 Å². The van der Waals surface area contributed by atoms with Gasteiger partial charge >= 0.3 is 0 Å². The van der Waals surface area contributed by atoms with Crippen molar-refractivity contribution in [3.63, 3.8) is 0 Å². The van der Waals surface area contributed by atoms with Crippen LogP contribution in [0, 0.1) is 0 Å². The van der Waals surface area contributed by atoms with Gasteiger partial charge in [0.1, 0.15) is 6.33 Å². The van der Waals surface area contributed by atoms with Gasteiger partial charge < -0.3 is 20.9 Å². The van der Waals surface area contributed by atoms with Crippen LogP contribution in [0.4, 0.5) is 11.6 Å². The highest BCUT2D eigenvalue weighted by atomic mass is 16.5. The molecule has 1 heterocycles. The minimum absolute atomic E-state index is 0.190. The molecule has 90 valence electrons. The highest BCUT2D eigenvalue weighted by Crippen LogP contribution is 2.27. The van der Waals surface area contributed by atoms with Gasteiger partial charge in [-0.3, -0.25) is 0 Å². The predicted molar refractivity (Wildman–Crippen MR) is 62.4 cm³/mol. The molecule has 1 rings (SSSR count). The number of ether oxygens (including phenoxy) is 1. The summed E-state index contributed by atoms with van der Waals surface area (Å²) in [5, 5.41) is 11.9. The van der Waals surface area contributed by atoms with Gasteiger partial charge in [0.2, 0.25) is 5.75 Å². The lowest BCUT2D eigenvalue weighted by molar-refractivity contribution is 0.282. The normalized spacial score (nSPS) is 12.2. The van der Waals surface area contributed by atoms with Crippen LogP contribution >= 0.6 is 0 Å². The zero-order valence-electron chi connectivity index (χ0n) is 9.60. The fourth-order valence-electron chi connectivity index (χ4n) is 1.39. The number of rotatable bonds is 6. The van der Waals surface area contributed by atoms with Gasteiger partial charge in [0.15, 0.2) is 11.6 Å². The van der Waals surface area contributed by atoms with Crippen LogP contribution in [0.3, 0.4) is 0 Å². The highest BCUT2D eigenvalue weighted by Gasteiger charge is 2.11. The fourth-order valence-corrected chi connectivity index (χ4v) is 1.39. The van der Waals surface area contributed by atoms with Crippen molar-refractivity contribution in [1.82, 2.24) is 9.97 Å². The van der Waals surface area contributed by atoms with Gasteiger partial charge in [-0.1, -0.05) is 0 Å². The summed E-state index contributed by atoms with van der Waals surface area (Å²) in [6, 6.07) is 0.190. The van der Waals surface area contributed by atoms with E-state index in [0.717, 1.165) is 12.8 Å². The maximum Gasteiger partial charge on any atom is 0.203 e. The zero-order chi connectivity index (χ0) is 12.0. The molecule has 0 aliphatic heterocycles. The smallest absolute Gasteiger partial charge is 0.203 e. The van der Waals surface area contributed by atoms with Gasteiger partial charge in [-0.05, 0) is 19.8 Å². The third-order valence-electron chi connectivity index (χ3n) is 2.21. The molecule has 0 radical (unpaired) electrons. The summed E-state index contributed by atoms with van der Waals surface area (Å²) in [6.45, 7) is 2.20. The molecule has 1 aromatic heterocycles. The maximum absolute atomic E-state index is 8.73. The molecule has 0 spiro atoms. The van der Waals surface area contributed by atoms with Gasteiger partial charge in [-0.25, -0.2) is 9.97 Å². The minimum atomic E-state index is 0.190. The molecular formula is C10H18N4O2. The second kappa shape index (κ2) is 6.12. The van der Waals surface area contributed by atoms with E-state index in [-0.39, 0.29) is 12.6 Å². The van der Waals surface area contributed by atoms with Crippen LogP contribution in [0.5, 0.6) is 5.75 Å². The van der Waals surface area contributed by atoms with E-state index in [9.17, 15) is 0 Å². The largest absolute Gasteiger partial charge is 0.490 e. The van der Waals surface area contributed by atoms with Crippen molar-refractivity contribution in [2.75, 3.05) is 24.8 Å². The van der Waals surface area contributed by atoms with Crippen LogP contribution < -0.4 is 15.8 Å². The van der Waals surface area contributed by atoms with Crippen LogP contribution in [0.15, 0.2) is 6.33 Å². The van der Waals surface area contributed by atoms with E-state index in [4.69, 9.17) is 15.6 Å². The molecule has 6 nitrogen and oxygen atoms in total. The number of aromatic nitrogens is 2. The summed E-state index contributed by atoms with van der Waals surface area (Å²) in [4.78, 5) is 7.91. The van der Waals surface area contributed by atoms with Crippen LogP contribution in [0.25, 0.3) is 0 Å². The zero-order valence-corrected chi connectivity index (χ0v) is 9.60. The number of anilines is 2. The summed E-state index contributed by atoms with van der Waals surface area (Å²) in [5.74, 6) is 1.35. The first-order chi connectivity index (χ1) is 7.69. The van der Waals surface area contributed by atoms with Gasteiger partial charge in [-0.15, -0.1) is 0 Å². The van der Waals surface area contributed by atoms with Crippen molar-refractivity contribution in [3.05, 3.63) is 6.33 Å². The number of nitrogen functional groups attached to an aromatic ring is 1. The Kier molecular flexibility index (Phi) is 4.78. The van der Waals surface area contributed by atoms with E-state index < -0.39 is 0 Å². The summed E-state index contributed by atoms with van der Waals surface area (Å²) >= 11 is 0. The lowest BCUT2D eigenvalue weighted by Gasteiger charge is -2.16. The number of nitrogens with two attached hydrogens (primary N) is 1. The molecule has 0 aliphatic carbocycles. The Hall–Kier alpha value is -1.56. The molecule has 0 amide bonds. The molecule has 1 atom stereocenters. The van der Waals surface area contributed by atoms with Crippen molar-refractivity contribution in [1.29, 1.82) is 0 Å². The molecule has 0 aromatic carbocycles. The molecule has 0 fully saturated rings. The lowest BCUT2D eigenvalue weighted by Crippen LogP contribution is -2.17. The molecule has 0 aliphatic rings. The molecule has 6 heteroatoms. The number of nitrogens with one attached hydrogen (secondary N) is 1. The van der Waals surface area contributed by atoms with Gasteiger partial charge in [0, 0.05) is 12.6 Å². The molecule has 0 saturated carbocycles.